The van der Waals surface area contributed by atoms with E-state index in [1.807, 2.05) is 35.9 Å². The van der Waals surface area contributed by atoms with Gasteiger partial charge in [0, 0.05) is 38.1 Å². The topological polar surface area (TPSA) is 96.2 Å². The average Bonchev–Trinajstić information content (AvgIpc) is 3.50. The summed E-state index contributed by atoms with van der Waals surface area (Å²) in [5, 5.41) is 21.4. The van der Waals surface area contributed by atoms with Gasteiger partial charge >= 0.3 is 0 Å². The number of piperidine rings is 1. The van der Waals surface area contributed by atoms with Crippen LogP contribution in [0.5, 0.6) is 0 Å². The van der Waals surface area contributed by atoms with E-state index in [2.05, 4.69) is 40.3 Å². The molecule has 6 rings (SSSR count). The van der Waals surface area contributed by atoms with Gasteiger partial charge in [-0.25, -0.2) is 4.98 Å². The number of rotatable bonds is 7. The Bertz CT molecular complexity index is 1360. The number of carbonyl (C=O) groups excluding carboxylic acids is 1. The normalized spacial score (nSPS) is 26.7. The highest BCUT2D eigenvalue weighted by Gasteiger charge is 2.49. The van der Waals surface area contributed by atoms with E-state index < -0.39 is 0 Å². The number of carbonyl (C=O) groups is 1. The summed E-state index contributed by atoms with van der Waals surface area (Å²) in [6.45, 7) is 7.85. The molecule has 8 nitrogen and oxygen atoms in total. The highest BCUT2D eigenvalue weighted by atomic mass is 16.3. The summed E-state index contributed by atoms with van der Waals surface area (Å²) in [6.07, 6.45) is 8.00. The number of likely N-dealkylation sites (tertiary alicyclic amines) is 1. The molecule has 39 heavy (non-hydrogen) atoms. The van der Waals surface area contributed by atoms with E-state index >= 15 is 0 Å². The molecule has 3 heterocycles. The monoisotopic (exact) mass is 528 g/mol. The summed E-state index contributed by atoms with van der Waals surface area (Å²) in [6, 6.07) is 10.1. The van der Waals surface area contributed by atoms with Crippen molar-refractivity contribution in [1.29, 1.82) is 0 Å². The molecule has 1 aromatic carbocycles. The van der Waals surface area contributed by atoms with Crippen molar-refractivity contribution in [3.63, 3.8) is 0 Å². The average molecular weight is 529 g/mol. The van der Waals surface area contributed by atoms with Crippen molar-refractivity contribution < 1.29 is 9.90 Å². The molecule has 1 amide bonds. The van der Waals surface area contributed by atoms with Crippen molar-refractivity contribution in [1.82, 2.24) is 24.6 Å². The summed E-state index contributed by atoms with van der Waals surface area (Å²) in [5.74, 6) is 2.05. The molecule has 0 bridgehead atoms. The van der Waals surface area contributed by atoms with E-state index in [1.165, 1.54) is 24.0 Å². The number of nitrogens with zero attached hydrogens (tertiary/aromatic N) is 5. The van der Waals surface area contributed by atoms with Gasteiger partial charge in [-0.05, 0) is 97.7 Å². The summed E-state index contributed by atoms with van der Waals surface area (Å²) < 4.78 is 1.96. The smallest absolute Gasteiger partial charge is 0.274 e. The Kier molecular flexibility index (Phi) is 7.02. The molecule has 1 aliphatic heterocycles. The van der Waals surface area contributed by atoms with Crippen molar-refractivity contribution in [2.45, 2.75) is 70.3 Å². The number of benzene rings is 1. The lowest BCUT2D eigenvalue weighted by Gasteiger charge is -2.46. The van der Waals surface area contributed by atoms with E-state index in [9.17, 15) is 9.90 Å². The number of anilines is 1. The molecular weight excluding hydrogens is 488 g/mol. The number of nitrogens with one attached hydrogen (secondary N) is 1. The number of hydrogen-bond donors (Lipinski definition) is 2. The molecule has 0 spiro atoms. The lowest BCUT2D eigenvalue weighted by Crippen LogP contribution is -2.45. The molecule has 2 fully saturated rings. The first-order valence-corrected chi connectivity index (χ1v) is 14.5. The number of hydrogen-bond acceptors (Lipinski definition) is 6. The van der Waals surface area contributed by atoms with Crippen LogP contribution in [0.2, 0.25) is 0 Å². The molecule has 2 aromatic heterocycles. The molecule has 2 atom stereocenters. The van der Waals surface area contributed by atoms with Crippen LogP contribution in [0.25, 0.3) is 0 Å². The van der Waals surface area contributed by atoms with Gasteiger partial charge in [-0.3, -0.25) is 9.69 Å². The lowest BCUT2D eigenvalue weighted by molar-refractivity contribution is 0.0941. The van der Waals surface area contributed by atoms with Crippen LogP contribution in [0.15, 0.2) is 36.7 Å². The standard InChI is InChI=1S/C31H40N6O2/c1-20-6-5-11-37(16-20)17-23-12-27(34-28-21(2)9-10-26(23)28)29(39)33-25-8-4-7-24(13-25)31(14-22(15-31)18-38)30-35-32-19-36(30)3/h4,7-8,12-13,19-22,38H,5-6,9-11,14-18H2,1-3H3,(H,33,39)/t20-,21?,22?,31?/m0/s1. The molecule has 8 heteroatoms. The van der Waals surface area contributed by atoms with Gasteiger partial charge < -0.3 is 15.0 Å². The number of amides is 1. The van der Waals surface area contributed by atoms with E-state index in [4.69, 9.17) is 4.98 Å². The minimum absolute atomic E-state index is 0.164. The third-order valence-electron chi connectivity index (χ3n) is 9.26. The summed E-state index contributed by atoms with van der Waals surface area (Å²) in [7, 11) is 1.96. The molecule has 0 radical (unpaired) electrons. The van der Waals surface area contributed by atoms with E-state index in [-0.39, 0.29) is 23.8 Å². The number of aliphatic hydroxyl groups excluding tert-OH is 1. The second-order valence-corrected chi connectivity index (χ2v) is 12.3. The lowest BCUT2D eigenvalue weighted by atomic mass is 9.58. The fourth-order valence-corrected chi connectivity index (χ4v) is 7.18. The molecule has 3 aliphatic rings. The SMILES string of the molecule is CC1CCc2c(CN3CCC[C@H](C)C3)cc(C(=O)Nc3cccc(C4(c5nncn5C)CC(CO)C4)c3)nc21. The van der Waals surface area contributed by atoms with Crippen LogP contribution in [0, 0.1) is 11.8 Å². The number of aliphatic hydroxyl groups is 1. The van der Waals surface area contributed by atoms with Gasteiger partial charge in [-0.1, -0.05) is 26.0 Å². The van der Waals surface area contributed by atoms with Gasteiger partial charge in [-0.2, -0.15) is 0 Å². The van der Waals surface area contributed by atoms with Gasteiger partial charge in [0.15, 0.2) is 0 Å². The Morgan fingerprint density at radius 2 is 2.05 bits per heavy atom. The third-order valence-corrected chi connectivity index (χ3v) is 9.26. The maximum absolute atomic E-state index is 13.6. The molecule has 1 saturated carbocycles. The van der Waals surface area contributed by atoms with Crippen LogP contribution in [0.3, 0.4) is 0 Å². The maximum Gasteiger partial charge on any atom is 0.274 e. The Morgan fingerprint density at radius 1 is 1.21 bits per heavy atom. The van der Waals surface area contributed by atoms with E-state index in [0.717, 1.165) is 74.0 Å². The predicted octanol–water partition coefficient (Wildman–Crippen LogP) is 4.43. The van der Waals surface area contributed by atoms with Crippen LogP contribution in [-0.4, -0.2) is 55.4 Å². The van der Waals surface area contributed by atoms with Crippen LogP contribution in [0.1, 0.15) is 90.6 Å². The second-order valence-electron chi connectivity index (χ2n) is 12.3. The number of aromatic nitrogens is 4. The quantitative estimate of drug-likeness (QED) is 0.471. The third kappa shape index (κ3) is 4.89. The van der Waals surface area contributed by atoms with Crippen LogP contribution < -0.4 is 5.32 Å². The zero-order valence-corrected chi connectivity index (χ0v) is 23.4. The van der Waals surface area contributed by atoms with Crippen LogP contribution in [0.4, 0.5) is 5.69 Å². The van der Waals surface area contributed by atoms with Crippen molar-refractivity contribution in [3.8, 4) is 0 Å². The summed E-state index contributed by atoms with van der Waals surface area (Å²) in [5.41, 5.74) is 5.72. The fraction of sp³-hybridized carbons (Fsp3) is 0.548. The fourth-order valence-electron chi connectivity index (χ4n) is 7.18. The molecule has 1 saturated heterocycles. The highest BCUT2D eigenvalue weighted by Crippen LogP contribution is 2.51. The molecule has 3 aromatic rings. The first-order valence-electron chi connectivity index (χ1n) is 14.5. The summed E-state index contributed by atoms with van der Waals surface area (Å²) >= 11 is 0. The summed E-state index contributed by atoms with van der Waals surface area (Å²) in [4.78, 5) is 21.0. The first-order chi connectivity index (χ1) is 18.9. The van der Waals surface area contributed by atoms with E-state index in [0.29, 0.717) is 11.6 Å². The molecule has 2 aliphatic carbocycles. The molecule has 2 N–H and O–H groups in total. The van der Waals surface area contributed by atoms with Crippen LogP contribution >= 0.6 is 0 Å². The van der Waals surface area contributed by atoms with Crippen molar-refractivity contribution in [2.75, 3.05) is 25.0 Å². The Balaban J connectivity index is 1.27. The van der Waals surface area contributed by atoms with Crippen molar-refractivity contribution >= 4 is 11.6 Å². The zero-order valence-electron chi connectivity index (χ0n) is 23.4. The van der Waals surface area contributed by atoms with Gasteiger partial charge in [0.25, 0.3) is 5.91 Å². The van der Waals surface area contributed by atoms with Gasteiger partial charge in [0.1, 0.15) is 17.8 Å². The van der Waals surface area contributed by atoms with Gasteiger partial charge in [0.05, 0.1) is 5.41 Å². The molecule has 206 valence electrons. The zero-order chi connectivity index (χ0) is 27.1. The maximum atomic E-state index is 13.6. The van der Waals surface area contributed by atoms with Gasteiger partial charge in [0.2, 0.25) is 0 Å². The van der Waals surface area contributed by atoms with E-state index in [1.54, 1.807) is 6.33 Å². The van der Waals surface area contributed by atoms with Crippen molar-refractivity contribution in [3.05, 3.63) is 70.6 Å². The second kappa shape index (κ2) is 10.5. The highest BCUT2D eigenvalue weighted by molar-refractivity contribution is 6.03. The minimum atomic E-state index is -0.320. The number of pyridine rings is 1. The number of aryl methyl sites for hydroxylation is 1. The van der Waals surface area contributed by atoms with Crippen molar-refractivity contribution in [2.24, 2.45) is 18.9 Å². The Morgan fingerprint density at radius 3 is 2.79 bits per heavy atom. The Labute approximate surface area is 230 Å². The first kappa shape index (κ1) is 26.1. The molecule has 1 unspecified atom stereocenters. The predicted molar refractivity (Wildman–Crippen MR) is 151 cm³/mol. The van der Waals surface area contributed by atoms with Gasteiger partial charge in [-0.15, -0.1) is 10.2 Å². The largest absolute Gasteiger partial charge is 0.396 e. The van der Waals surface area contributed by atoms with Crippen LogP contribution in [-0.2, 0) is 25.4 Å². The molecular formula is C31H40N6O2. The minimum Gasteiger partial charge on any atom is -0.396 e. The Hall–Kier alpha value is -3.10. The number of fused-ring (bicyclic) bond motifs is 1.